The van der Waals surface area contributed by atoms with Crippen molar-refractivity contribution in [2.24, 2.45) is 0 Å². The molecule has 0 unspecified atom stereocenters. The predicted molar refractivity (Wildman–Crippen MR) is 72.1 cm³/mol. The van der Waals surface area contributed by atoms with Crippen LogP contribution >= 0.6 is 0 Å². The summed E-state index contributed by atoms with van der Waals surface area (Å²) in [6.45, 7) is 2.43. The summed E-state index contributed by atoms with van der Waals surface area (Å²) < 4.78 is 3.40. The number of benzene rings is 1. The molecule has 0 aliphatic rings. The minimum absolute atomic E-state index is 0.426. The number of hydrogen-bond acceptors (Lipinski definition) is 6. The summed E-state index contributed by atoms with van der Waals surface area (Å²) in [5.41, 5.74) is 7.56. The fourth-order valence-corrected chi connectivity index (χ4v) is 2.04. The monoisotopic (exact) mass is 270 g/mol. The van der Waals surface area contributed by atoms with E-state index in [2.05, 4.69) is 25.8 Å². The molecule has 0 aliphatic heterocycles. The molecule has 0 bridgehead atoms. The van der Waals surface area contributed by atoms with E-state index < -0.39 is 0 Å². The normalized spacial score (nSPS) is 10.8. The van der Waals surface area contributed by atoms with Gasteiger partial charge < -0.3 is 5.73 Å². The van der Waals surface area contributed by atoms with Crippen molar-refractivity contribution in [2.75, 3.05) is 5.73 Å². The number of nitrogens with two attached hydrogens (primary N) is 1. The van der Waals surface area contributed by atoms with E-state index in [0.717, 1.165) is 17.8 Å². The molecule has 2 heterocycles. The Morgan fingerprint density at radius 3 is 2.65 bits per heavy atom. The highest BCUT2D eigenvalue weighted by molar-refractivity contribution is 5.33. The van der Waals surface area contributed by atoms with Gasteiger partial charge >= 0.3 is 0 Å². The molecular weight excluding hydrogens is 256 g/mol. The minimum atomic E-state index is 0.426. The van der Waals surface area contributed by atoms with Gasteiger partial charge in [-0.2, -0.15) is 4.68 Å². The number of nitrogens with zero attached hydrogens (tertiary/aromatic N) is 7. The van der Waals surface area contributed by atoms with Crippen molar-refractivity contribution in [1.29, 1.82) is 0 Å². The van der Waals surface area contributed by atoms with Crippen molar-refractivity contribution in [3.63, 3.8) is 0 Å². The number of rotatable bonds is 4. The topological polar surface area (TPSA) is 100 Å². The Hall–Kier alpha value is -2.77. The van der Waals surface area contributed by atoms with Gasteiger partial charge in [-0.1, -0.05) is 30.3 Å². The van der Waals surface area contributed by atoms with Crippen LogP contribution in [-0.2, 0) is 13.0 Å². The van der Waals surface area contributed by atoms with Gasteiger partial charge in [-0.3, -0.25) is 0 Å². The average Bonchev–Trinajstić information content (AvgIpc) is 3.07. The lowest BCUT2D eigenvalue weighted by Crippen LogP contribution is -2.12. The fourth-order valence-electron chi connectivity index (χ4n) is 2.04. The maximum atomic E-state index is 5.78. The lowest BCUT2D eigenvalue weighted by atomic mass is 10.3. The number of anilines is 1. The standard InChI is InChI=1S/C12H14N8/c1-2-10-12(13)15-17-19(10)8-11-14-16-18-20(11)9-6-4-3-5-7-9/h3-7H,2,8,13H2,1H3. The van der Waals surface area contributed by atoms with Gasteiger partial charge in [0.1, 0.15) is 6.54 Å². The summed E-state index contributed by atoms with van der Waals surface area (Å²) >= 11 is 0. The zero-order valence-corrected chi connectivity index (χ0v) is 11.0. The fraction of sp³-hybridized carbons (Fsp3) is 0.250. The van der Waals surface area contributed by atoms with Crippen molar-refractivity contribution in [3.05, 3.63) is 41.9 Å². The highest BCUT2D eigenvalue weighted by Crippen LogP contribution is 2.12. The van der Waals surface area contributed by atoms with Crippen LogP contribution in [0.4, 0.5) is 5.82 Å². The Labute approximate surface area is 115 Å². The van der Waals surface area contributed by atoms with Gasteiger partial charge in [0.2, 0.25) is 0 Å². The molecule has 0 aliphatic carbocycles. The van der Waals surface area contributed by atoms with Crippen LogP contribution in [0.2, 0.25) is 0 Å². The molecule has 0 saturated carbocycles. The number of hydrogen-bond donors (Lipinski definition) is 1. The van der Waals surface area contributed by atoms with Crippen LogP contribution in [0.3, 0.4) is 0 Å². The molecular formula is C12H14N8. The van der Waals surface area contributed by atoms with Crippen LogP contribution < -0.4 is 5.73 Å². The predicted octanol–water partition coefficient (Wildman–Crippen LogP) is 0.447. The Bertz CT molecular complexity index is 699. The number of nitrogen functional groups attached to an aromatic ring is 1. The number of para-hydroxylation sites is 1. The summed E-state index contributed by atoms with van der Waals surface area (Å²) in [7, 11) is 0. The highest BCUT2D eigenvalue weighted by atomic mass is 15.6. The van der Waals surface area contributed by atoms with E-state index in [4.69, 9.17) is 5.73 Å². The Morgan fingerprint density at radius 1 is 1.10 bits per heavy atom. The lowest BCUT2D eigenvalue weighted by molar-refractivity contribution is 0.588. The van der Waals surface area contributed by atoms with Crippen LogP contribution in [0.15, 0.2) is 30.3 Å². The van der Waals surface area contributed by atoms with E-state index in [-0.39, 0.29) is 0 Å². The maximum Gasteiger partial charge on any atom is 0.178 e. The van der Waals surface area contributed by atoms with E-state index >= 15 is 0 Å². The first-order valence-corrected chi connectivity index (χ1v) is 6.30. The first-order chi connectivity index (χ1) is 9.79. The Morgan fingerprint density at radius 2 is 1.90 bits per heavy atom. The molecule has 0 saturated heterocycles. The number of aromatic nitrogens is 7. The first kappa shape index (κ1) is 12.3. The molecule has 20 heavy (non-hydrogen) atoms. The maximum absolute atomic E-state index is 5.78. The van der Waals surface area contributed by atoms with Crippen molar-refractivity contribution in [1.82, 2.24) is 35.2 Å². The molecule has 2 N–H and O–H groups in total. The van der Waals surface area contributed by atoms with Crippen molar-refractivity contribution < 1.29 is 0 Å². The summed E-state index contributed by atoms with van der Waals surface area (Å²) in [4.78, 5) is 0. The zero-order valence-electron chi connectivity index (χ0n) is 11.0. The van der Waals surface area contributed by atoms with Crippen LogP contribution in [0.1, 0.15) is 18.4 Å². The third kappa shape index (κ3) is 2.11. The molecule has 0 amide bonds. The van der Waals surface area contributed by atoms with Crippen molar-refractivity contribution >= 4 is 5.82 Å². The third-order valence-corrected chi connectivity index (χ3v) is 3.03. The van der Waals surface area contributed by atoms with E-state index in [1.807, 2.05) is 37.3 Å². The van der Waals surface area contributed by atoms with Gasteiger partial charge in [0.15, 0.2) is 11.6 Å². The molecule has 0 fully saturated rings. The van der Waals surface area contributed by atoms with Crippen LogP contribution in [0.5, 0.6) is 0 Å². The Balaban J connectivity index is 1.95. The molecule has 0 radical (unpaired) electrons. The molecule has 1 aromatic carbocycles. The summed E-state index contributed by atoms with van der Waals surface area (Å²) in [6, 6.07) is 9.70. The van der Waals surface area contributed by atoms with Crippen molar-refractivity contribution in [3.8, 4) is 5.69 Å². The highest BCUT2D eigenvalue weighted by Gasteiger charge is 2.13. The SMILES string of the molecule is CCc1c(N)nnn1Cc1nnnn1-c1ccccc1. The van der Waals surface area contributed by atoms with Crippen LogP contribution in [-0.4, -0.2) is 35.2 Å². The molecule has 2 aromatic heterocycles. The first-order valence-electron chi connectivity index (χ1n) is 6.30. The van der Waals surface area contributed by atoms with Gasteiger partial charge in [-0.25, -0.2) is 4.68 Å². The van der Waals surface area contributed by atoms with Gasteiger partial charge in [0.25, 0.3) is 0 Å². The zero-order chi connectivity index (χ0) is 13.9. The Kier molecular flexibility index (Phi) is 3.12. The second kappa shape index (κ2) is 5.08. The van der Waals surface area contributed by atoms with Gasteiger partial charge in [-0.05, 0) is 29.0 Å². The largest absolute Gasteiger partial charge is 0.381 e. The van der Waals surface area contributed by atoms with Gasteiger partial charge in [0, 0.05) is 0 Å². The summed E-state index contributed by atoms with van der Waals surface area (Å²) in [6.07, 6.45) is 0.756. The summed E-state index contributed by atoms with van der Waals surface area (Å²) in [5, 5.41) is 19.7. The molecule has 8 heteroatoms. The average molecular weight is 270 g/mol. The second-order valence-corrected chi connectivity index (χ2v) is 4.28. The smallest absolute Gasteiger partial charge is 0.178 e. The molecule has 3 rings (SSSR count). The minimum Gasteiger partial charge on any atom is -0.381 e. The van der Waals surface area contributed by atoms with E-state index in [1.54, 1.807) is 9.36 Å². The molecule has 8 nitrogen and oxygen atoms in total. The van der Waals surface area contributed by atoms with Gasteiger partial charge in [-0.15, -0.1) is 10.2 Å². The van der Waals surface area contributed by atoms with E-state index in [0.29, 0.717) is 18.2 Å². The van der Waals surface area contributed by atoms with E-state index in [1.165, 1.54) is 0 Å². The molecule has 0 atom stereocenters. The third-order valence-electron chi connectivity index (χ3n) is 3.03. The number of tetrazole rings is 1. The molecule has 0 spiro atoms. The lowest BCUT2D eigenvalue weighted by Gasteiger charge is -2.06. The molecule has 102 valence electrons. The summed E-state index contributed by atoms with van der Waals surface area (Å²) in [5.74, 6) is 1.13. The second-order valence-electron chi connectivity index (χ2n) is 4.28. The van der Waals surface area contributed by atoms with Crippen molar-refractivity contribution in [2.45, 2.75) is 19.9 Å². The van der Waals surface area contributed by atoms with Gasteiger partial charge in [0.05, 0.1) is 11.4 Å². The van der Waals surface area contributed by atoms with E-state index in [9.17, 15) is 0 Å². The van der Waals surface area contributed by atoms with Crippen LogP contribution in [0.25, 0.3) is 5.69 Å². The quantitative estimate of drug-likeness (QED) is 0.738. The molecule has 3 aromatic rings. The van der Waals surface area contributed by atoms with Crippen LogP contribution in [0, 0.1) is 0 Å².